The summed E-state index contributed by atoms with van der Waals surface area (Å²) in [6, 6.07) is 6.47. The molecule has 2 aliphatic heterocycles. The molecule has 1 saturated carbocycles. The van der Waals surface area contributed by atoms with Crippen molar-refractivity contribution in [3.63, 3.8) is 0 Å². The lowest BCUT2D eigenvalue weighted by molar-refractivity contribution is -0.147. The van der Waals surface area contributed by atoms with E-state index in [9.17, 15) is 9.18 Å². The number of nitrogens with one attached hydrogen (secondary N) is 1. The van der Waals surface area contributed by atoms with E-state index in [-0.39, 0.29) is 17.9 Å². The number of benzene rings is 1. The maximum absolute atomic E-state index is 12.9. The molecule has 26 heavy (non-hydrogen) atoms. The monoisotopic (exact) mass is 353 g/mol. The van der Waals surface area contributed by atoms with E-state index in [1.165, 1.54) is 12.1 Å². The predicted molar refractivity (Wildman–Crippen MR) is 96.1 cm³/mol. The molecule has 0 bridgehead atoms. The average Bonchev–Trinajstić information content (AvgIpc) is 2.59. The number of piperidine rings is 1. The Morgan fingerprint density at radius 2 is 2.08 bits per heavy atom. The van der Waals surface area contributed by atoms with Gasteiger partial charge in [-0.25, -0.2) is 4.39 Å². The van der Waals surface area contributed by atoms with Gasteiger partial charge in [0.2, 0.25) is 0 Å². The molecule has 1 saturated heterocycles. The highest BCUT2D eigenvalue weighted by Crippen LogP contribution is 2.34. The summed E-state index contributed by atoms with van der Waals surface area (Å²) in [5, 5.41) is 12.2. The maximum atomic E-state index is 12.9. The molecule has 0 amide bonds. The third-order valence-corrected chi connectivity index (χ3v) is 5.26. The second-order valence-electron chi connectivity index (χ2n) is 6.97. The fourth-order valence-corrected chi connectivity index (χ4v) is 3.61. The molecule has 1 aliphatic carbocycles. The third kappa shape index (κ3) is 3.49. The van der Waals surface area contributed by atoms with Crippen LogP contribution in [0, 0.1) is 23.6 Å². The summed E-state index contributed by atoms with van der Waals surface area (Å²) < 4.78 is 12.9. The highest BCUT2D eigenvalue weighted by Gasteiger charge is 2.39. The van der Waals surface area contributed by atoms with Crippen molar-refractivity contribution in [2.75, 3.05) is 13.1 Å². The normalized spacial score (nSPS) is 27.7. The summed E-state index contributed by atoms with van der Waals surface area (Å²) in [6.07, 6.45) is 4.04. The van der Waals surface area contributed by atoms with Gasteiger partial charge in [0.15, 0.2) is 6.17 Å². The van der Waals surface area contributed by atoms with Gasteiger partial charge >= 0.3 is 5.97 Å². The van der Waals surface area contributed by atoms with Gasteiger partial charge in [-0.15, -0.1) is 0 Å². The zero-order chi connectivity index (χ0) is 18.1. The van der Waals surface area contributed by atoms with E-state index in [1.807, 2.05) is 6.20 Å². The van der Waals surface area contributed by atoms with Crippen LogP contribution in [0.3, 0.4) is 0 Å². The number of aliphatic carboxylic acids is 1. The number of carboxylic acid groups (broad SMARTS) is 1. The third-order valence-electron chi connectivity index (χ3n) is 5.26. The molecule has 0 aromatic heterocycles. The number of hydrogen-bond donors (Lipinski definition) is 2. The van der Waals surface area contributed by atoms with Crippen LogP contribution in [0.4, 0.5) is 4.39 Å². The van der Waals surface area contributed by atoms with Crippen molar-refractivity contribution in [3.8, 4) is 11.8 Å². The Hall–Kier alpha value is -2.65. The SMILES string of the molecule is O=C(O)C1CC(N2CCC3=NC(C#Cc4ccc(F)cc4)NC=C3C2)C1. The number of carbonyl (C=O) groups is 1. The Morgan fingerprint density at radius 1 is 1.31 bits per heavy atom. The number of rotatable bonds is 2. The highest BCUT2D eigenvalue weighted by molar-refractivity contribution is 6.02. The predicted octanol–water partition coefficient (Wildman–Crippen LogP) is 2.00. The quantitative estimate of drug-likeness (QED) is 0.799. The summed E-state index contributed by atoms with van der Waals surface area (Å²) in [5.74, 6) is 4.96. The fraction of sp³-hybridized carbons (Fsp3) is 0.400. The lowest BCUT2D eigenvalue weighted by Crippen LogP contribution is -2.51. The van der Waals surface area contributed by atoms with Crippen LogP contribution in [0.15, 0.2) is 41.0 Å². The molecular formula is C20H20FN3O2. The number of hydrogen-bond acceptors (Lipinski definition) is 4. The molecule has 4 rings (SSSR count). The van der Waals surface area contributed by atoms with E-state index >= 15 is 0 Å². The van der Waals surface area contributed by atoms with Crippen LogP contribution in [-0.2, 0) is 4.79 Å². The van der Waals surface area contributed by atoms with Crippen LogP contribution in [-0.4, -0.2) is 47.0 Å². The first-order valence-electron chi connectivity index (χ1n) is 8.84. The molecule has 1 unspecified atom stereocenters. The Balaban J connectivity index is 1.36. The molecule has 6 heteroatoms. The van der Waals surface area contributed by atoms with E-state index in [4.69, 9.17) is 5.11 Å². The fourth-order valence-electron chi connectivity index (χ4n) is 3.61. The number of carboxylic acids is 1. The van der Waals surface area contributed by atoms with Crippen molar-refractivity contribution in [2.24, 2.45) is 10.9 Å². The molecule has 2 heterocycles. The van der Waals surface area contributed by atoms with Gasteiger partial charge in [-0.1, -0.05) is 5.92 Å². The van der Waals surface area contributed by atoms with Crippen LogP contribution in [0.2, 0.25) is 0 Å². The van der Waals surface area contributed by atoms with Crippen LogP contribution < -0.4 is 5.32 Å². The first-order chi connectivity index (χ1) is 12.6. The molecule has 134 valence electrons. The van der Waals surface area contributed by atoms with Gasteiger partial charge < -0.3 is 10.4 Å². The minimum atomic E-state index is -0.679. The summed E-state index contributed by atoms with van der Waals surface area (Å²) in [5.41, 5.74) is 3.00. The second kappa shape index (κ2) is 6.93. The molecular weight excluding hydrogens is 333 g/mol. The van der Waals surface area contributed by atoms with Crippen LogP contribution in [0.25, 0.3) is 0 Å². The van der Waals surface area contributed by atoms with Crippen molar-refractivity contribution in [1.29, 1.82) is 0 Å². The first-order valence-corrected chi connectivity index (χ1v) is 8.84. The van der Waals surface area contributed by atoms with E-state index in [0.29, 0.717) is 6.04 Å². The molecule has 2 fully saturated rings. The van der Waals surface area contributed by atoms with Crippen molar-refractivity contribution < 1.29 is 14.3 Å². The smallest absolute Gasteiger partial charge is 0.306 e. The number of nitrogens with zero attached hydrogens (tertiary/aromatic N) is 2. The summed E-state index contributed by atoms with van der Waals surface area (Å²) in [4.78, 5) is 18.0. The average molecular weight is 353 g/mol. The molecule has 3 aliphatic rings. The molecule has 2 N–H and O–H groups in total. The lowest BCUT2D eigenvalue weighted by atomic mass is 9.78. The van der Waals surface area contributed by atoms with Crippen LogP contribution in [0.5, 0.6) is 0 Å². The van der Waals surface area contributed by atoms with E-state index in [1.54, 1.807) is 12.1 Å². The maximum Gasteiger partial charge on any atom is 0.306 e. The van der Waals surface area contributed by atoms with E-state index < -0.39 is 5.97 Å². The van der Waals surface area contributed by atoms with Crippen molar-refractivity contribution >= 4 is 11.7 Å². The molecule has 0 spiro atoms. The van der Waals surface area contributed by atoms with Crippen molar-refractivity contribution in [3.05, 3.63) is 47.4 Å². The zero-order valence-electron chi connectivity index (χ0n) is 14.3. The Kier molecular flexibility index (Phi) is 4.48. The van der Waals surface area contributed by atoms with Crippen LogP contribution in [0.1, 0.15) is 24.8 Å². The molecule has 1 aromatic carbocycles. The molecule has 5 nitrogen and oxygen atoms in total. The number of likely N-dealkylation sites (tertiary alicyclic amines) is 1. The van der Waals surface area contributed by atoms with Gasteiger partial charge in [-0.3, -0.25) is 14.7 Å². The van der Waals surface area contributed by atoms with Gasteiger partial charge in [0.05, 0.1) is 5.92 Å². The summed E-state index contributed by atoms with van der Waals surface area (Å²) >= 11 is 0. The number of aliphatic imine (C=N–C) groups is 1. The number of halogens is 1. The van der Waals surface area contributed by atoms with Crippen molar-refractivity contribution in [2.45, 2.75) is 31.5 Å². The minimum absolute atomic E-state index is 0.181. The Morgan fingerprint density at radius 3 is 2.81 bits per heavy atom. The van der Waals surface area contributed by atoms with Gasteiger partial charge in [0.1, 0.15) is 5.82 Å². The molecule has 0 radical (unpaired) electrons. The molecule has 1 atom stereocenters. The van der Waals surface area contributed by atoms with Crippen LogP contribution >= 0.6 is 0 Å². The topological polar surface area (TPSA) is 64.9 Å². The van der Waals surface area contributed by atoms with Gasteiger partial charge in [-0.05, 0) is 43.0 Å². The lowest BCUT2D eigenvalue weighted by Gasteiger charge is -2.44. The first kappa shape index (κ1) is 16.8. The zero-order valence-corrected chi connectivity index (χ0v) is 14.3. The second-order valence-corrected chi connectivity index (χ2v) is 6.97. The molecule has 1 aromatic rings. The minimum Gasteiger partial charge on any atom is -0.481 e. The summed E-state index contributed by atoms with van der Waals surface area (Å²) in [7, 11) is 0. The van der Waals surface area contributed by atoms with Gasteiger partial charge in [0.25, 0.3) is 0 Å². The largest absolute Gasteiger partial charge is 0.481 e. The Labute approximate surface area is 151 Å². The summed E-state index contributed by atoms with van der Waals surface area (Å²) in [6.45, 7) is 1.71. The van der Waals surface area contributed by atoms with Gasteiger partial charge in [0, 0.05) is 48.6 Å². The van der Waals surface area contributed by atoms with E-state index in [0.717, 1.165) is 49.2 Å². The van der Waals surface area contributed by atoms with Gasteiger partial charge in [-0.2, -0.15) is 0 Å². The van der Waals surface area contributed by atoms with E-state index in [2.05, 4.69) is 27.0 Å². The number of fused-ring (bicyclic) bond motifs is 1. The van der Waals surface area contributed by atoms with Crippen molar-refractivity contribution in [1.82, 2.24) is 10.2 Å². The Bertz CT molecular complexity index is 829. The highest BCUT2D eigenvalue weighted by atomic mass is 19.1. The standard InChI is InChI=1S/C20H20FN3O2/c21-16-4-1-13(2-5-16)3-6-19-22-11-15-12-24(8-7-18(15)23-19)17-9-14(10-17)20(25)26/h1-2,4-5,11,14,17,19,22H,7-10,12H2,(H,25,26).